The van der Waals surface area contributed by atoms with Crippen molar-refractivity contribution in [3.63, 3.8) is 0 Å². The first-order valence-electron chi connectivity index (χ1n) is 4.22. The van der Waals surface area contributed by atoms with Crippen molar-refractivity contribution in [1.29, 1.82) is 0 Å². The lowest BCUT2D eigenvalue weighted by Gasteiger charge is -2.12. The van der Waals surface area contributed by atoms with Gasteiger partial charge in [-0.1, -0.05) is 30.3 Å². The number of benzene rings is 1. The molecule has 0 radical (unpaired) electrons. The minimum Gasteiger partial charge on any atom is -0.367 e. The molecule has 1 saturated heterocycles. The van der Waals surface area contributed by atoms with Gasteiger partial charge in [-0.2, -0.15) is 0 Å². The Morgan fingerprint density at radius 3 is 2.58 bits per heavy atom. The molecule has 0 amide bonds. The molecule has 0 bridgehead atoms. The summed E-state index contributed by atoms with van der Waals surface area (Å²) in [5.74, 6) is 0.172. The molecule has 0 saturated carbocycles. The molecule has 0 aliphatic carbocycles. The molecule has 1 N–H and O–H groups in total. The summed E-state index contributed by atoms with van der Waals surface area (Å²) in [6.45, 7) is 0.667. The van der Waals surface area contributed by atoms with Gasteiger partial charge in [0.05, 0.1) is 6.61 Å². The van der Waals surface area contributed by atoms with Gasteiger partial charge in [-0.3, -0.25) is 0 Å². The SMILES string of the molecule is OC1OCC[C@H]1c1ccccc1. The van der Waals surface area contributed by atoms with Crippen LogP contribution in [0.1, 0.15) is 17.9 Å². The number of hydrogen-bond donors (Lipinski definition) is 1. The fourth-order valence-corrected chi connectivity index (χ4v) is 1.61. The van der Waals surface area contributed by atoms with Crippen LogP contribution in [-0.2, 0) is 4.74 Å². The van der Waals surface area contributed by atoms with Crippen LogP contribution in [0.15, 0.2) is 30.3 Å². The molecule has 2 rings (SSSR count). The lowest BCUT2D eigenvalue weighted by molar-refractivity contribution is -0.0678. The summed E-state index contributed by atoms with van der Waals surface area (Å²) in [6, 6.07) is 10.0. The average molecular weight is 164 g/mol. The largest absolute Gasteiger partial charge is 0.367 e. The van der Waals surface area contributed by atoms with Gasteiger partial charge < -0.3 is 9.84 Å². The first-order chi connectivity index (χ1) is 5.88. The highest BCUT2D eigenvalue weighted by atomic mass is 16.6. The quantitative estimate of drug-likeness (QED) is 0.681. The lowest BCUT2D eigenvalue weighted by atomic mass is 9.97. The monoisotopic (exact) mass is 164 g/mol. The molecular formula is C10H12O2. The number of ether oxygens (including phenoxy) is 1. The molecule has 1 unspecified atom stereocenters. The molecule has 0 spiro atoms. The first-order valence-corrected chi connectivity index (χ1v) is 4.22. The summed E-state index contributed by atoms with van der Waals surface area (Å²) >= 11 is 0. The van der Waals surface area contributed by atoms with E-state index in [1.165, 1.54) is 5.56 Å². The summed E-state index contributed by atoms with van der Waals surface area (Å²) in [5, 5.41) is 9.42. The summed E-state index contributed by atoms with van der Waals surface area (Å²) in [5.41, 5.74) is 1.17. The molecule has 1 aromatic carbocycles. The molecule has 2 heteroatoms. The minimum absolute atomic E-state index is 0.172. The maximum atomic E-state index is 9.42. The van der Waals surface area contributed by atoms with Crippen molar-refractivity contribution in [2.75, 3.05) is 6.61 Å². The normalized spacial score (nSPS) is 29.1. The summed E-state index contributed by atoms with van der Waals surface area (Å²) in [7, 11) is 0. The van der Waals surface area contributed by atoms with Gasteiger partial charge in [0.25, 0.3) is 0 Å². The van der Waals surface area contributed by atoms with E-state index in [2.05, 4.69) is 0 Å². The van der Waals surface area contributed by atoms with Crippen molar-refractivity contribution in [2.24, 2.45) is 0 Å². The maximum Gasteiger partial charge on any atom is 0.161 e. The van der Waals surface area contributed by atoms with Gasteiger partial charge in [-0.25, -0.2) is 0 Å². The molecule has 1 aliphatic rings. The Bertz CT molecular complexity index is 245. The van der Waals surface area contributed by atoms with Crippen LogP contribution in [0.4, 0.5) is 0 Å². The molecule has 1 fully saturated rings. The Morgan fingerprint density at radius 2 is 2.00 bits per heavy atom. The van der Waals surface area contributed by atoms with Crippen molar-refractivity contribution in [1.82, 2.24) is 0 Å². The Balaban J connectivity index is 2.19. The van der Waals surface area contributed by atoms with Crippen LogP contribution < -0.4 is 0 Å². The number of aliphatic hydroxyl groups is 1. The molecule has 0 aromatic heterocycles. The summed E-state index contributed by atoms with van der Waals surface area (Å²) in [4.78, 5) is 0. The topological polar surface area (TPSA) is 29.5 Å². The van der Waals surface area contributed by atoms with E-state index < -0.39 is 6.29 Å². The van der Waals surface area contributed by atoms with Gasteiger partial charge in [0.2, 0.25) is 0 Å². The lowest BCUT2D eigenvalue weighted by Crippen LogP contribution is -2.12. The molecule has 2 nitrogen and oxygen atoms in total. The Morgan fingerprint density at radius 1 is 1.25 bits per heavy atom. The van der Waals surface area contributed by atoms with Crippen molar-refractivity contribution in [3.05, 3.63) is 35.9 Å². The Hall–Kier alpha value is -0.860. The van der Waals surface area contributed by atoms with Crippen LogP contribution in [0.25, 0.3) is 0 Å². The molecule has 2 atom stereocenters. The average Bonchev–Trinajstić information content (AvgIpc) is 2.53. The van der Waals surface area contributed by atoms with Crippen LogP contribution in [0, 0.1) is 0 Å². The van der Waals surface area contributed by atoms with Crippen molar-refractivity contribution in [2.45, 2.75) is 18.6 Å². The zero-order chi connectivity index (χ0) is 8.39. The first kappa shape index (κ1) is 7.77. The zero-order valence-electron chi connectivity index (χ0n) is 6.81. The second-order valence-corrected chi connectivity index (χ2v) is 3.07. The van der Waals surface area contributed by atoms with Gasteiger partial charge in [0, 0.05) is 5.92 Å². The highest BCUT2D eigenvalue weighted by Gasteiger charge is 2.26. The van der Waals surface area contributed by atoms with Crippen LogP contribution in [-0.4, -0.2) is 18.0 Å². The second-order valence-electron chi connectivity index (χ2n) is 3.07. The van der Waals surface area contributed by atoms with E-state index in [-0.39, 0.29) is 5.92 Å². The number of aliphatic hydroxyl groups excluding tert-OH is 1. The molecule has 1 aromatic rings. The molecular weight excluding hydrogens is 152 g/mol. The van der Waals surface area contributed by atoms with Crippen molar-refractivity contribution < 1.29 is 9.84 Å². The van der Waals surface area contributed by atoms with Crippen LogP contribution in [0.2, 0.25) is 0 Å². The second kappa shape index (κ2) is 3.25. The number of rotatable bonds is 1. The summed E-state index contributed by atoms with van der Waals surface area (Å²) in [6.07, 6.45) is 0.318. The van der Waals surface area contributed by atoms with Crippen LogP contribution in [0.3, 0.4) is 0 Å². The van der Waals surface area contributed by atoms with E-state index in [0.717, 1.165) is 6.42 Å². The van der Waals surface area contributed by atoms with E-state index in [9.17, 15) is 5.11 Å². The van der Waals surface area contributed by atoms with Gasteiger partial charge in [-0.15, -0.1) is 0 Å². The standard InChI is InChI=1S/C10H12O2/c11-10-9(6-7-12-10)8-4-2-1-3-5-8/h1-5,9-11H,6-7H2/t9-,10?/m0/s1. The molecule has 64 valence electrons. The fourth-order valence-electron chi connectivity index (χ4n) is 1.61. The maximum absolute atomic E-state index is 9.42. The fraction of sp³-hybridized carbons (Fsp3) is 0.400. The van der Waals surface area contributed by atoms with E-state index in [4.69, 9.17) is 4.74 Å². The third-order valence-electron chi connectivity index (χ3n) is 2.29. The minimum atomic E-state index is -0.604. The smallest absolute Gasteiger partial charge is 0.161 e. The highest BCUT2D eigenvalue weighted by Crippen LogP contribution is 2.29. The van der Waals surface area contributed by atoms with E-state index in [1.807, 2.05) is 30.3 Å². The van der Waals surface area contributed by atoms with Gasteiger partial charge in [0.1, 0.15) is 0 Å². The Labute approximate surface area is 71.8 Å². The Kier molecular flexibility index (Phi) is 2.11. The third-order valence-corrected chi connectivity index (χ3v) is 2.29. The summed E-state index contributed by atoms with van der Waals surface area (Å²) < 4.78 is 5.08. The predicted molar refractivity (Wildman–Crippen MR) is 45.8 cm³/mol. The van der Waals surface area contributed by atoms with Crippen molar-refractivity contribution in [3.8, 4) is 0 Å². The van der Waals surface area contributed by atoms with E-state index in [0.29, 0.717) is 6.61 Å². The number of hydrogen-bond acceptors (Lipinski definition) is 2. The highest BCUT2D eigenvalue weighted by molar-refractivity contribution is 5.20. The molecule has 1 heterocycles. The zero-order valence-corrected chi connectivity index (χ0v) is 6.81. The molecule has 1 aliphatic heterocycles. The van der Waals surface area contributed by atoms with Crippen LogP contribution in [0.5, 0.6) is 0 Å². The van der Waals surface area contributed by atoms with Crippen LogP contribution >= 0.6 is 0 Å². The third kappa shape index (κ3) is 1.36. The van der Waals surface area contributed by atoms with Gasteiger partial charge >= 0.3 is 0 Å². The van der Waals surface area contributed by atoms with Gasteiger partial charge in [0.15, 0.2) is 6.29 Å². The van der Waals surface area contributed by atoms with Crippen molar-refractivity contribution >= 4 is 0 Å². The van der Waals surface area contributed by atoms with E-state index >= 15 is 0 Å². The van der Waals surface area contributed by atoms with E-state index in [1.54, 1.807) is 0 Å². The van der Waals surface area contributed by atoms with Gasteiger partial charge in [-0.05, 0) is 12.0 Å². The predicted octanol–water partition coefficient (Wildman–Crippen LogP) is 1.51. The molecule has 12 heavy (non-hydrogen) atoms.